The normalized spacial score (nSPS) is 12.2. The molecule has 5 rings (SSSR count). The molecule has 12 heteroatoms. The van der Waals surface area contributed by atoms with E-state index in [1.54, 1.807) is 13.1 Å². The van der Waals surface area contributed by atoms with E-state index in [4.69, 9.17) is 10.2 Å². The van der Waals surface area contributed by atoms with E-state index < -0.39 is 11.9 Å². The van der Waals surface area contributed by atoms with Crippen molar-refractivity contribution in [3.8, 4) is 17.1 Å². The molecule has 0 saturated carbocycles. The van der Waals surface area contributed by atoms with Gasteiger partial charge < -0.3 is 15.5 Å². The summed E-state index contributed by atoms with van der Waals surface area (Å²) in [5.74, 6) is 0.946. The first-order valence-corrected chi connectivity index (χ1v) is 10.4. The van der Waals surface area contributed by atoms with Gasteiger partial charge in [-0.2, -0.15) is 5.10 Å². The molecule has 4 aromatic heterocycles. The van der Waals surface area contributed by atoms with Crippen LogP contribution in [0.2, 0.25) is 0 Å². The van der Waals surface area contributed by atoms with Crippen LogP contribution >= 0.6 is 0 Å². The van der Waals surface area contributed by atoms with Crippen LogP contribution in [0.15, 0.2) is 52.1 Å². The first kappa shape index (κ1) is 21.2. The minimum atomic E-state index is -0.554. The predicted molar refractivity (Wildman–Crippen MR) is 122 cm³/mol. The highest BCUT2D eigenvalue weighted by atomic mass is 19.1. The lowest BCUT2D eigenvalue weighted by molar-refractivity contribution is 0.532. The van der Waals surface area contributed by atoms with E-state index in [0.717, 1.165) is 5.56 Å². The van der Waals surface area contributed by atoms with Gasteiger partial charge in [0.25, 0.3) is 11.4 Å². The minimum absolute atomic E-state index is 0.147. The monoisotopic (exact) mass is 461 g/mol. The number of rotatable bonds is 5. The van der Waals surface area contributed by atoms with Gasteiger partial charge in [-0.15, -0.1) is 10.2 Å². The molecule has 0 unspecified atom stereocenters. The Morgan fingerprint density at radius 3 is 2.59 bits per heavy atom. The molecule has 172 valence electrons. The van der Waals surface area contributed by atoms with Crippen LogP contribution in [0.4, 0.5) is 16.0 Å². The summed E-state index contributed by atoms with van der Waals surface area (Å²) in [7, 11) is 0. The van der Waals surface area contributed by atoms with E-state index >= 15 is 0 Å². The van der Waals surface area contributed by atoms with Crippen LogP contribution in [0.5, 0.6) is 0 Å². The maximum absolute atomic E-state index is 13.6. The molecule has 0 saturated heterocycles. The standard InChI is InChI=1S/C22H20FN9O2/c1-11-8-9-31-17(11)22(33)32(15-6-4-14(23)5-7-15)20(30-31)12(2)27-19-16(18(24)25-10-26-19)21-29-28-13(3)34-21/h4-10,12H,1-3H3,(H3,24,25,26,27)/t12-/m0/s1. The summed E-state index contributed by atoms with van der Waals surface area (Å²) in [5, 5.41) is 15.8. The van der Waals surface area contributed by atoms with Crippen molar-refractivity contribution in [2.24, 2.45) is 0 Å². The number of hydrogen-bond acceptors (Lipinski definition) is 9. The summed E-state index contributed by atoms with van der Waals surface area (Å²) >= 11 is 0. The zero-order chi connectivity index (χ0) is 24.0. The minimum Gasteiger partial charge on any atom is -0.421 e. The summed E-state index contributed by atoms with van der Waals surface area (Å²) in [5.41, 5.74) is 7.80. The molecule has 34 heavy (non-hydrogen) atoms. The molecule has 3 N–H and O–H groups in total. The second-order valence-corrected chi connectivity index (χ2v) is 7.74. The van der Waals surface area contributed by atoms with E-state index in [-0.39, 0.29) is 17.3 Å². The molecule has 0 radical (unpaired) electrons. The molecule has 0 bridgehead atoms. The van der Waals surface area contributed by atoms with Gasteiger partial charge >= 0.3 is 0 Å². The van der Waals surface area contributed by atoms with Gasteiger partial charge in [0.1, 0.15) is 34.9 Å². The Balaban J connectivity index is 1.66. The fourth-order valence-electron chi connectivity index (χ4n) is 3.74. The highest BCUT2D eigenvalue weighted by Gasteiger charge is 2.23. The lowest BCUT2D eigenvalue weighted by Crippen LogP contribution is -2.29. The zero-order valence-electron chi connectivity index (χ0n) is 18.5. The van der Waals surface area contributed by atoms with Crippen LogP contribution in [0.25, 0.3) is 22.7 Å². The summed E-state index contributed by atoms with van der Waals surface area (Å²) in [4.78, 5) is 21.8. The van der Waals surface area contributed by atoms with Gasteiger partial charge in [-0.25, -0.2) is 18.9 Å². The van der Waals surface area contributed by atoms with Crippen LogP contribution in [0.3, 0.4) is 0 Å². The molecular formula is C22H20FN9O2. The number of nitrogens with one attached hydrogen (secondary N) is 1. The maximum Gasteiger partial charge on any atom is 0.282 e. The van der Waals surface area contributed by atoms with Crippen molar-refractivity contribution in [2.45, 2.75) is 26.8 Å². The van der Waals surface area contributed by atoms with E-state index in [9.17, 15) is 9.18 Å². The second-order valence-electron chi connectivity index (χ2n) is 7.74. The van der Waals surface area contributed by atoms with Gasteiger partial charge in [0.2, 0.25) is 5.89 Å². The number of anilines is 2. The van der Waals surface area contributed by atoms with E-state index in [1.165, 1.54) is 39.7 Å². The van der Waals surface area contributed by atoms with Crippen LogP contribution in [-0.4, -0.2) is 34.3 Å². The first-order valence-electron chi connectivity index (χ1n) is 10.4. The number of aromatic nitrogens is 7. The van der Waals surface area contributed by atoms with Gasteiger partial charge in [-0.05, 0) is 49.7 Å². The second kappa shape index (κ2) is 8.06. The number of hydrogen-bond donors (Lipinski definition) is 2. The summed E-state index contributed by atoms with van der Waals surface area (Å²) in [6, 6.07) is 6.89. The zero-order valence-corrected chi connectivity index (χ0v) is 18.5. The average molecular weight is 461 g/mol. The topological polar surface area (TPSA) is 142 Å². The molecule has 0 amide bonds. The van der Waals surface area contributed by atoms with Crippen LogP contribution in [0, 0.1) is 19.7 Å². The fraction of sp³-hybridized carbons (Fsp3) is 0.182. The molecular weight excluding hydrogens is 441 g/mol. The number of fused-ring (bicyclic) bond motifs is 1. The van der Waals surface area contributed by atoms with Crippen LogP contribution in [0.1, 0.15) is 30.2 Å². The van der Waals surface area contributed by atoms with Gasteiger partial charge in [0.05, 0.1) is 11.7 Å². The van der Waals surface area contributed by atoms with Crippen molar-refractivity contribution in [3.05, 3.63) is 76.3 Å². The highest BCUT2D eigenvalue weighted by molar-refractivity contribution is 5.78. The predicted octanol–water partition coefficient (Wildman–Crippen LogP) is 2.84. The molecule has 4 heterocycles. The SMILES string of the molecule is Cc1nnc(-c2c(N)ncnc2N[C@@H](C)c2nn3ccc(C)c3c(=O)n2-c2ccc(F)cc2)o1. The van der Waals surface area contributed by atoms with Crippen molar-refractivity contribution in [1.82, 2.24) is 34.3 Å². The molecule has 0 aliphatic carbocycles. The van der Waals surface area contributed by atoms with Gasteiger partial charge in [-0.3, -0.25) is 9.36 Å². The number of benzene rings is 1. The third kappa shape index (κ3) is 3.54. The van der Waals surface area contributed by atoms with E-state index in [2.05, 4.69) is 30.6 Å². The number of aryl methyl sites for hydroxylation is 2. The molecule has 0 aliphatic heterocycles. The van der Waals surface area contributed by atoms with Gasteiger partial charge in [-0.1, -0.05) is 0 Å². The van der Waals surface area contributed by atoms with Crippen molar-refractivity contribution in [2.75, 3.05) is 11.1 Å². The van der Waals surface area contributed by atoms with Crippen LogP contribution < -0.4 is 16.6 Å². The Morgan fingerprint density at radius 1 is 1.12 bits per heavy atom. The van der Waals surface area contributed by atoms with Crippen LogP contribution in [-0.2, 0) is 0 Å². The smallest absolute Gasteiger partial charge is 0.282 e. The molecule has 0 aliphatic rings. The van der Waals surface area contributed by atoms with Gasteiger partial charge in [0.15, 0.2) is 5.82 Å². The Hall–Kier alpha value is -4.61. The summed E-state index contributed by atoms with van der Waals surface area (Å²) in [6.07, 6.45) is 3.02. The number of halogens is 1. The summed E-state index contributed by atoms with van der Waals surface area (Å²) < 4.78 is 22.1. The Labute approximate surface area is 192 Å². The van der Waals surface area contributed by atoms with Crippen molar-refractivity contribution in [3.63, 3.8) is 0 Å². The Kier molecular flexibility index (Phi) is 5.04. The Bertz CT molecular complexity index is 1570. The third-order valence-corrected chi connectivity index (χ3v) is 5.36. The quantitative estimate of drug-likeness (QED) is 0.404. The van der Waals surface area contributed by atoms with Crippen molar-refractivity contribution in [1.29, 1.82) is 0 Å². The number of nitrogens with two attached hydrogens (primary N) is 1. The number of nitrogen functional groups attached to an aromatic ring is 1. The van der Waals surface area contributed by atoms with Crippen molar-refractivity contribution >= 4 is 17.2 Å². The fourth-order valence-corrected chi connectivity index (χ4v) is 3.74. The van der Waals surface area contributed by atoms with E-state index in [0.29, 0.717) is 34.3 Å². The lowest BCUT2D eigenvalue weighted by Gasteiger charge is -2.20. The lowest BCUT2D eigenvalue weighted by atomic mass is 10.2. The molecule has 0 fully saturated rings. The average Bonchev–Trinajstić information content (AvgIpc) is 3.40. The third-order valence-electron chi connectivity index (χ3n) is 5.36. The highest BCUT2D eigenvalue weighted by Crippen LogP contribution is 2.31. The maximum atomic E-state index is 13.6. The van der Waals surface area contributed by atoms with Gasteiger partial charge in [0, 0.05) is 13.1 Å². The van der Waals surface area contributed by atoms with E-state index in [1.807, 2.05) is 19.9 Å². The molecule has 5 aromatic rings. The number of nitrogens with zero attached hydrogens (tertiary/aromatic N) is 7. The Morgan fingerprint density at radius 2 is 1.88 bits per heavy atom. The molecule has 11 nitrogen and oxygen atoms in total. The largest absolute Gasteiger partial charge is 0.421 e. The molecule has 1 aromatic carbocycles. The van der Waals surface area contributed by atoms with Crippen molar-refractivity contribution < 1.29 is 8.81 Å². The first-order chi connectivity index (χ1) is 16.3. The summed E-state index contributed by atoms with van der Waals surface area (Å²) in [6.45, 7) is 5.30. The molecule has 1 atom stereocenters. The molecule has 0 spiro atoms.